The van der Waals surface area contributed by atoms with Crippen molar-refractivity contribution >= 4 is 5.91 Å². The third-order valence-electron chi connectivity index (χ3n) is 3.38. The Morgan fingerprint density at radius 1 is 1.47 bits per heavy atom. The standard InChI is InChI=1S/C15H18N2O2/c1-10(2)13(9-16)17-15(18)12-7-8-19-14-6-4-3-5-11(12)14/h3-6,10,12-13H,7-8H2,1-2H3,(H,17,18). The molecule has 4 nitrogen and oxygen atoms in total. The average molecular weight is 258 g/mol. The van der Waals surface area contributed by atoms with Gasteiger partial charge in [0.1, 0.15) is 11.8 Å². The van der Waals surface area contributed by atoms with E-state index < -0.39 is 6.04 Å². The number of carbonyl (C=O) groups excluding carboxylic acids is 1. The second-order valence-electron chi connectivity index (χ2n) is 5.09. The van der Waals surface area contributed by atoms with E-state index in [1.807, 2.05) is 38.1 Å². The number of nitrogens with one attached hydrogen (secondary N) is 1. The fourth-order valence-corrected chi connectivity index (χ4v) is 2.22. The molecule has 0 saturated heterocycles. The first kappa shape index (κ1) is 13.4. The third kappa shape index (κ3) is 2.87. The van der Waals surface area contributed by atoms with E-state index >= 15 is 0 Å². The summed E-state index contributed by atoms with van der Waals surface area (Å²) in [6.07, 6.45) is 0.652. The Hall–Kier alpha value is -2.02. The van der Waals surface area contributed by atoms with Crippen LogP contribution in [0.5, 0.6) is 5.75 Å². The van der Waals surface area contributed by atoms with Gasteiger partial charge in [-0.15, -0.1) is 0 Å². The topological polar surface area (TPSA) is 62.1 Å². The molecule has 0 saturated carbocycles. The van der Waals surface area contributed by atoms with Gasteiger partial charge in [-0.1, -0.05) is 32.0 Å². The van der Waals surface area contributed by atoms with Crippen LogP contribution in [0.15, 0.2) is 24.3 Å². The Labute approximate surface area is 113 Å². The van der Waals surface area contributed by atoms with Crippen LogP contribution >= 0.6 is 0 Å². The van der Waals surface area contributed by atoms with Gasteiger partial charge in [0.15, 0.2) is 0 Å². The molecule has 0 aromatic heterocycles. The highest BCUT2D eigenvalue weighted by Gasteiger charge is 2.29. The summed E-state index contributed by atoms with van der Waals surface area (Å²) < 4.78 is 5.54. The van der Waals surface area contributed by atoms with Crippen LogP contribution in [-0.4, -0.2) is 18.6 Å². The second kappa shape index (κ2) is 5.75. The van der Waals surface area contributed by atoms with Crippen LogP contribution in [0, 0.1) is 17.2 Å². The first-order valence-corrected chi connectivity index (χ1v) is 6.55. The van der Waals surface area contributed by atoms with Crippen molar-refractivity contribution in [1.29, 1.82) is 5.26 Å². The maximum atomic E-state index is 12.3. The van der Waals surface area contributed by atoms with Crippen LogP contribution in [-0.2, 0) is 4.79 Å². The number of fused-ring (bicyclic) bond motifs is 1. The molecule has 2 atom stereocenters. The van der Waals surface area contributed by atoms with Crippen molar-refractivity contribution in [3.63, 3.8) is 0 Å². The van der Waals surface area contributed by atoms with Gasteiger partial charge >= 0.3 is 0 Å². The van der Waals surface area contributed by atoms with Crippen molar-refractivity contribution in [2.45, 2.75) is 32.2 Å². The number of rotatable bonds is 3. The molecule has 1 amide bonds. The number of para-hydroxylation sites is 1. The summed E-state index contributed by atoms with van der Waals surface area (Å²) in [6.45, 7) is 4.38. The first-order valence-electron chi connectivity index (χ1n) is 6.55. The van der Waals surface area contributed by atoms with Gasteiger partial charge in [0.25, 0.3) is 0 Å². The Balaban J connectivity index is 2.15. The predicted octanol–water partition coefficient (Wildman–Crippen LogP) is 2.22. The van der Waals surface area contributed by atoms with Crippen LogP contribution in [0.3, 0.4) is 0 Å². The van der Waals surface area contributed by atoms with E-state index in [0.717, 1.165) is 11.3 Å². The van der Waals surface area contributed by atoms with Gasteiger partial charge in [0.05, 0.1) is 18.6 Å². The zero-order valence-corrected chi connectivity index (χ0v) is 11.2. The van der Waals surface area contributed by atoms with Gasteiger partial charge < -0.3 is 10.1 Å². The Morgan fingerprint density at radius 3 is 2.89 bits per heavy atom. The molecule has 1 aliphatic rings. The minimum atomic E-state index is -0.442. The molecule has 0 fully saturated rings. The zero-order chi connectivity index (χ0) is 13.8. The molecule has 2 unspecified atom stereocenters. The van der Waals surface area contributed by atoms with Gasteiger partial charge in [0, 0.05) is 5.56 Å². The van der Waals surface area contributed by atoms with E-state index in [9.17, 15) is 4.79 Å². The maximum Gasteiger partial charge on any atom is 0.228 e. The molecule has 1 aromatic carbocycles. The minimum Gasteiger partial charge on any atom is -0.493 e. The summed E-state index contributed by atoms with van der Waals surface area (Å²) in [5.41, 5.74) is 0.909. The number of ether oxygens (including phenoxy) is 1. The molecule has 0 spiro atoms. The molecule has 4 heteroatoms. The van der Waals surface area contributed by atoms with E-state index in [-0.39, 0.29) is 17.7 Å². The summed E-state index contributed by atoms with van der Waals surface area (Å²) in [7, 11) is 0. The van der Waals surface area contributed by atoms with Crippen LogP contribution in [0.25, 0.3) is 0 Å². The van der Waals surface area contributed by atoms with Crippen molar-refractivity contribution in [3.05, 3.63) is 29.8 Å². The van der Waals surface area contributed by atoms with E-state index in [2.05, 4.69) is 11.4 Å². The molecule has 0 bridgehead atoms. The highest BCUT2D eigenvalue weighted by molar-refractivity contribution is 5.85. The van der Waals surface area contributed by atoms with E-state index in [0.29, 0.717) is 13.0 Å². The van der Waals surface area contributed by atoms with Crippen LogP contribution in [0.2, 0.25) is 0 Å². The molecule has 19 heavy (non-hydrogen) atoms. The first-order chi connectivity index (χ1) is 9.13. The van der Waals surface area contributed by atoms with Gasteiger partial charge in [-0.05, 0) is 18.4 Å². The van der Waals surface area contributed by atoms with Crippen molar-refractivity contribution in [3.8, 4) is 11.8 Å². The van der Waals surface area contributed by atoms with Crippen LogP contribution in [0.4, 0.5) is 0 Å². The summed E-state index contributed by atoms with van der Waals surface area (Å²) in [5, 5.41) is 11.9. The van der Waals surface area contributed by atoms with Crippen molar-refractivity contribution in [2.24, 2.45) is 5.92 Å². The molecule has 2 rings (SSSR count). The average Bonchev–Trinajstić information content (AvgIpc) is 2.43. The SMILES string of the molecule is CC(C)C(C#N)NC(=O)C1CCOc2ccccc21. The van der Waals surface area contributed by atoms with Crippen LogP contribution in [0.1, 0.15) is 31.7 Å². The van der Waals surface area contributed by atoms with Crippen molar-refractivity contribution in [1.82, 2.24) is 5.32 Å². The number of carbonyl (C=O) groups is 1. The number of nitriles is 1. The van der Waals surface area contributed by atoms with E-state index in [1.54, 1.807) is 0 Å². The number of amides is 1. The van der Waals surface area contributed by atoms with Gasteiger partial charge in [-0.25, -0.2) is 0 Å². The van der Waals surface area contributed by atoms with Gasteiger partial charge in [0.2, 0.25) is 5.91 Å². The molecule has 1 aliphatic heterocycles. The summed E-state index contributed by atoms with van der Waals surface area (Å²) in [4.78, 5) is 12.3. The fourth-order valence-electron chi connectivity index (χ4n) is 2.22. The molecular weight excluding hydrogens is 240 g/mol. The predicted molar refractivity (Wildman–Crippen MR) is 71.7 cm³/mol. The molecule has 0 aliphatic carbocycles. The lowest BCUT2D eigenvalue weighted by atomic mass is 9.91. The Kier molecular flexibility index (Phi) is 4.06. The van der Waals surface area contributed by atoms with Crippen molar-refractivity contribution < 1.29 is 9.53 Å². The summed E-state index contributed by atoms with van der Waals surface area (Å²) in [6, 6.07) is 9.27. The smallest absolute Gasteiger partial charge is 0.228 e. The Bertz CT molecular complexity index is 505. The lowest BCUT2D eigenvalue weighted by Gasteiger charge is -2.26. The lowest BCUT2D eigenvalue weighted by Crippen LogP contribution is -2.41. The minimum absolute atomic E-state index is 0.0870. The van der Waals surface area contributed by atoms with E-state index in [1.165, 1.54) is 0 Å². The monoisotopic (exact) mass is 258 g/mol. The van der Waals surface area contributed by atoms with Gasteiger partial charge in [-0.2, -0.15) is 5.26 Å². The quantitative estimate of drug-likeness (QED) is 0.904. The zero-order valence-electron chi connectivity index (χ0n) is 11.2. The number of benzene rings is 1. The number of nitrogens with zero attached hydrogens (tertiary/aromatic N) is 1. The largest absolute Gasteiger partial charge is 0.493 e. The summed E-state index contributed by atoms with van der Waals surface area (Å²) >= 11 is 0. The second-order valence-corrected chi connectivity index (χ2v) is 5.09. The van der Waals surface area contributed by atoms with E-state index in [4.69, 9.17) is 10.00 Å². The molecule has 1 N–H and O–H groups in total. The third-order valence-corrected chi connectivity index (χ3v) is 3.38. The fraction of sp³-hybridized carbons (Fsp3) is 0.467. The maximum absolute atomic E-state index is 12.3. The molecule has 0 radical (unpaired) electrons. The molecule has 1 aromatic rings. The highest BCUT2D eigenvalue weighted by atomic mass is 16.5. The highest BCUT2D eigenvalue weighted by Crippen LogP contribution is 2.33. The lowest BCUT2D eigenvalue weighted by molar-refractivity contribution is -0.123. The number of hydrogen-bond acceptors (Lipinski definition) is 3. The Morgan fingerprint density at radius 2 is 2.21 bits per heavy atom. The normalized spacial score (nSPS) is 18.9. The van der Waals surface area contributed by atoms with Crippen LogP contribution < -0.4 is 10.1 Å². The number of hydrogen-bond donors (Lipinski definition) is 1. The summed E-state index contributed by atoms with van der Waals surface area (Å²) in [5.74, 6) is 0.562. The molecule has 100 valence electrons. The molecular formula is C15H18N2O2. The van der Waals surface area contributed by atoms with Crippen molar-refractivity contribution in [2.75, 3.05) is 6.61 Å². The van der Waals surface area contributed by atoms with Gasteiger partial charge in [-0.3, -0.25) is 4.79 Å². The molecule has 1 heterocycles.